The van der Waals surface area contributed by atoms with Gasteiger partial charge in [0, 0.05) is 23.8 Å². The lowest BCUT2D eigenvalue weighted by Crippen LogP contribution is -2.50. The van der Waals surface area contributed by atoms with Crippen LogP contribution in [-0.4, -0.2) is 50.3 Å². The number of rotatable bonds is 4. The highest BCUT2D eigenvalue weighted by Gasteiger charge is 2.41. The molecule has 0 aliphatic carbocycles. The topological polar surface area (TPSA) is 71.5 Å². The molecule has 1 aromatic heterocycles. The van der Waals surface area contributed by atoms with Gasteiger partial charge in [-0.3, -0.25) is 0 Å². The van der Waals surface area contributed by atoms with E-state index in [2.05, 4.69) is 15.9 Å². The zero-order chi connectivity index (χ0) is 15.0. The Morgan fingerprint density at radius 3 is 2.60 bits per heavy atom. The Labute approximate surface area is 135 Å². The van der Waals surface area contributed by atoms with Gasteiger partial charge in [-0.25, -0.2) is 16.8 Å². The zero-order valence-corrected chi connectivity index (χ0v) is 15.5. The predicted octanol–water partition coefficient (Wildman–Crippen LogP) is 2.01. The van der Waals surface area contributed by atoms with Gasteiger partial charge in [-0.15, -0.1) is 11.3 Å². The zero-order valence-electron chi connectivity index (χ0n) is 10.7. The molecule has 1 aromatic rings. The monoisotopic (exact) mass is 419 g/mol. The summed E-state index contributed by atoms with van der Waals surface area (Å²) < 4.78 is 51.5. The predicted molar refractivity (Wildman–Crippen MR) is 86.5 cm³/mol. The van der Waals surface area contributed by atoms with Crippen molar-refractivity contribution in [2.45, 2.75) is 16.5 Å². The molecule has 114 valence electrons. The van der Waals surface area contributed by atoms with Crippen molar-refractivity contribution in [2.24, 2.45) is 0 Å². The SMILES string of the molecule is CCS(=O)(=O)C1CSCCN1S(=O)(=O)c1ccc(Br)s1. The van der Waals surface area contributed by atoms with Crippen molar-refractivity contribution < 1.29 is 16.8 Å². The maximum absolute atomic E-state index is 12.6. The normalized spacial score (nSPS) is 22.0. The Bertz CT molecular complexity index is 682. The summed E-state index contributed by atoms with van der Waals surface area (Å²) in [6, 6.07) is 3.15. The van der Waals surface area contributed by atoms with Gasteiger partial charge < -0.3 is 0 Å². The van der Waals surface area contributed by atoms with Gasteiger partial charge in [0.25, 0.3) is 10.0 Å². The fourth-order valence-electron chi connectivity index (χ4n) is 1.87. The Balaban J connectivity index is 2.42. The molecular weight excluding hydrogens is 406 g/mol. The van der Waals surface area contributed by atoms with Gasteiger partial charge in [0.05, 0.1) is 3.79 Å². The highest BCUT2D eigenvalue weighted by Crippen LogP contribution is 2.32. The Kier molecular flexibility index (Phi) is 5.24. The van der Waals surface area contributed by atoms with Crippen LogP contribution in [0.5, 0.6) is 0 Å². The molecule has 1 unspecified atom stereocenters. The Morgan fingerprint density at radius 1 is 1.35 bits per heavy atom. The van der Waals surface area contributed by atoms with Crippen molar-refractivity contribution >= 4 is 58.9 Å². The minimum atomic E-state index is -3.75. The summed E-state index contributed by atoms with van der Waals surface area (Å²) in [6.45, 7) is 1.77. The molecule has 0 bridgehead atoms. The van der Waals surface area contributed by atoms with Crippen molar-refractivity contribution in [3.05, 3.63) is 15.9 Å². The first kappa shape index (κ1) is 16.8. The summed E-state index contributed by atoms with van der Waals surface area (Å²) in [6.07, 6.45) is 0. The molecule has 5 nitrogen and oxygen atoms in total. The molecule has 1 aliphatic rings. The highest BCUT2D eigenvalue weighted by atomic mass is 79.9. The molecule has 2 rings (SSSR count). The fraction of sp³-hybridized carbons (Fsp3) is 0.600. The van der Waals surface area contributed by atoms with Crippen LogP contribution in [0.25, 0.3) is 0 Å². The van der Waals surface area contributed by atoms with E-state index in [-0.39, 0.29) is 16.5 Å². The van der Waals surface area contributed by atoms with Crippen LogP contribution in [0.2, 0.25) is 0 Å². The summed E-state index contributed by atoms with van der Waals surface area (Å²) in [4.78, 5) is 0. The van der Waals surface area contributed by atoms with Crippen molar-refractivity contribution in [2.75, 3.05) is 23.8 Å². The smallest absolute Gasteiger partial charge is 0.227 e. The van der Waals surface area contributed by atoms with Crippen LogP contribution in [0.4, 0.5) is 0 Å². The number of halogens is 1. The molecule has 20 heavy (non-hydrogen) atoms. The molecule has 1 saturated heterocycles. The van der Waals surface area contributed by atoms with Crippen molar-refractivity contribution in [1.82, 2.24) is 4.31 Å². The first-order valence-electron chi connectivity index (χ1n) is 5.85. The summed E-state index contributed by atoms with van der Waals surface area (Å²) >= 11 is 5.80. The van der Waals surface area contributed by atoms with Crippen LogP contribution in [0.1, 0.15) is 6.92 Å². The van der Waals surface area contributed by atoms with Gasteiger partial charge in [-0.05, 0) is 28.1 Å². The lowest BCUT2D eigenvalue weighted by molar-refractivity contribution is 0.405. The third-order valence-electron chi connectivity index (χ3n) is 2.97. The van der Waals surface area contributed by atoms with Crippen LogP contribution in [0.15, 0.2) is 20.1 Å². The minimum Gasteiger partial charge on any atom is -0.227 e. The Morgan fingerprint density at radius 2 is 2.05 bits per heavy atom. The number of sulfonamides is 1. The largest absolute Gasteiger partial charge is 0.253 e. The Hall–Kier alpha value is 0.390. The number of hydrogen-bond acceptors (Lipinski definition) is 6. The highest BCUT2D eigenvalue weighted by molar-refractivity contribution is 9.11. The van der Waals surface area contributed by atoms with E-state index in [0.717, 1.165) is 15.6 Å². The molecule has 0 radical (unpaired) electrons. The van der Waals surface area contributed by atoms with Crippen LogP contribution in [0.3, 0.4) is 0 Å². The van der Waals surface area contributed by atoms with E-state index >= 15 is 0 Å². The molecule has 1 aliphatic heterocycles. The van der Waals surface area contributed by atoms with Crippen molar-refractivity contribution in [3.8, 4) is 0 Å². The molecule has 0 amide bonds. The second-order valence-corrected chi connectivity index (χ2v) is 12.3. The molecular formula is C10H14BrNO4S4. The average Bonchev–Trinajstić information content (AvgIpc) is 2.86. The molecule has 10 heteroatoms. The van der Waals surface area contributed by atoms with E-state index in [1.165, 1.54) is 17.8 Å². The lowest BCUT2D eigenvalue weighted by Gasteiger charge is -2.33. The van der Waals surface area contributed by atoms with E-state index in [4.69, 9.17) is 0 Å². The molecule has 0 N–H and O–H groups in total. The average molecular weight is 420 g/mol. The van der Waals surface area contributed by atoms with Crippen LogP contribution in [-0.2, 0) is 19.9 Å². The third-order valence-corrected chi connectivity index (χ3v) is 10.4. The molecule has 0 spiro atoms. The second kappa shape index (κ2) is 6.25. The van der Waals surface area contributed by atoms with Gasteiger partial charge in [0.15, 0.2) is 9.84 Å². The number of hydrogen-bond donors (Lipinski definition) is 0. The van der Waals surface area contributed by atoms with Gasteiger partial charge >= 0.3 is 0 Å². The van der Waals surface area contributed by atoms with Crippen LogP contribution < -0.4 is 0 Å². The summed E-state index contributed by atoms with van der Waals surface area (Å²) in [5.41, 5.74) is 0. The van der Waals surface area contributed by atoms with Gasteiger partial charge in [0.2, 0.25) is 0 Å². The van der Waals surface area contributed by atoms with Gasteiger partial charge in [-0.2, -0.15) is 16.1 Å². The van der Waals surface area contributed by atoms with Crippen molar-refractivity contribution in [3.63, 3.8) is 0 Å². The lowest BCUT2D eigenvalue weighted by atomic mass is 10.6. The van der Waals surface area contributed by atoms with E-state index in [9.17, 15) is 16.8 Å². The fourth-order valence-corrected chi connectivity index (χ4v) is 9.26. The van der Waals surface area contributed by atoms with Gasteiger partial charge in [-0.1, -0.05) is 6.92 Å². The first-order chi connectivity index (χ1) is 9.29. The minimum absolute atomic E-state index is 0.0572. The maximum Gasteiger partial charge on any atom is 0.253 e. The molecule has 1 fully saturated rings. The maximum atomic E-state index is 12.6. The van der Waals surface area contributed by atoms with Crippen molar-refractivity contribution in [1.29, 1.82) is 0 Å². The van der Waals surface area contributed by atoms with E-state index in [1.54, 1.807) is 13.0 Å². The molecule has 2 heterocycles. The molecule has 0 saturated carbocycles. The number of nitrogens with zero attached hydrogens (tertiary/aromatic N) is 1. The first-order valence-corrected chi connectivity index (χ1v) is 11.8. The van der Waals surface area contributed by atoms with Crippen LogP contribution >= 0.6 is 39.0 Å². The van der Waals surface area contributed by atoms with E-state index in [1.807, 2.05) is 0 Å². The number of sulfone groups is 1. The molecule has 0 aromatic carbocycles. The third kappa shape index (κ3) is 3.25. The summed E-state index contributed by atoms with van der Waals surface area (Å²) in [5.74, 6) is 0.849. The number of thioether (sulfide) groups is 1. The summed E-state index contributed by atoms with van der Waals surface area (Å²) in [5, 5.41) is -0.961. The van der Waals surface area contributed by atoms with Gasteiger partial charge in [0.1, 0.15) is 9.58 Å². The van der Waals surface area contributed by atoms with Crippen LogP contribution in [0, 0.1) is 0 Å². The second-order valence-electron chi connectivity index (χ2n) is 4.16. The molecule has 1 atom stereocenters. The quantitative estimate of drug-likeness (QED) is 0.745. The number of thiophene rings is 1. The summed E-state index contributed by atoms with van der Waals surface area (Å²) in [7, 11) is -7.19. The van der Waals surface area contributed by atoms with E-state index in [0.29, 0.717) is 15.3 Å². The van der Waals surface area contributed by atoms with E-state index < -0.39 is 25.2 Å². The standard InChI is InChI=1S/C10H14BrNO4S4/c1-2-19(13,14)9-7-17-6-5-12(9)20(15,16)10-4-3-8(11)18-10/h3-4,9H,2,5-7H2,1H3.